The molecule has 1 aromatic heterocycles. The summed E-state index contributed by atoms with van der Waals surface area (Å²) < 4.78 is 31.9. The van der Waals surface area contributed by atoms with E-state index in [-0.39, 0.29) is 23.6 Å². The van der Waals surface area contributed by atoms with Crippen molar-refractivity contribution in [3.05, 3.63) is 69.5 Å². The lowest BCUT2D eigenvalue weighted by molar-refractivity contribution is 0.336. The number of nitrogens with zero attached hydrogens (tertiary/aromatic N) is 3. The predicted octanol–water partition coefficient (Wildman–Crippen LogP) is 5.30. The minimum absolute atomic E-state index is 0.0442. The first-order valence-corrected chi connectivity index (χ1v) is 11.6. The summed E-state index contributed by atoms with van der Waals surface area (Å²) in [4.78, 5) is 4.33. The van der Waals surface area contributed by atoms with E-state index in [1.807, 2.05) is 24.3 Å². The van der Waals surface area contributed by atoms with E-state index in [0.717, 1.165) is 9.87 Å². The first-order valence-electron chi connectivity index (χ1n) is 9.28. The first kappa shape index (κ1) is 22.7. The molecule has 0 N–H and O–H groups in total. The van der Waals surface area contributed by atoms with E-state index in [9.17, 15) is 8.42 Å². The van der Waals surface area contributed by atoms with Gasteiger partial charge in [-0.1, -0.05) is 79.5 Å². The molecule has 0 amide bonds. The standard InChI is InChI=1S/C21H23Cl2N3O3S/c1-21(2,3)15-10-8-14(9-11-15)20-24-19(29-25-20)12-26(4)30(27,28)13-16-17(22)6-5-7-18(16)23/h5-11H,12-13H2,1-4H3. The highest BCUT2D eigenvalue weighted by Crippen LogP contribution is 2.28. The molecule has 0 aliphatic heterocycles. The number of halogens is 2. The van der Waals surface area contributed by atoms with Gasteiger partial charge in [-0.25, -0.2) is 8.42 Å². The molecule has 160 valence electrons. The molecule has 30 heavy (non-hydrogen) atoms. The van der Waals surface area contributed by atoms with Gasteiger partial charge in [-0.05, 0) is 23.1 Å². The van der Waals surface area contributed by atoms with Crippen LogP contribution in [0.5, 0.6) is 0 Å². The summed E-state index contributed by atoms with van der Waals surface area (Å²) in [5.41, 5.74) is 2.39. The monoisotopic (exact) mass is 467 g/mol. The molecule has 0 saturated heterocycles. The smallest absolute Gasteiger partial charge is 0.242 e. The number of hydrogen-bond donors (Lipinski definition) is 0. The van der Waals surface area contributed by atoms with Crippen molar-refractivity contribution in [2.75, 3.05) is 7.05 Å². The summed E-state index contributed by atoms with van der Waals surface area (Å²) in [5.74, 6) is 0.281. The van der Waals surface area contributed by atoms with Crippen LogP contribution in [0.1, 0.15) is 37.8 Å². The summed E-state index contributed by atoms with van der Waals surface area (Å²) >= 11 is 12.2. The Hall–Kier alpha value is -1.93. The van der Waals surface area contributed by atoms with Crippen molar-refractivity contribution in [3.8, 4) is 11.4 Å². The molecule has 0 aliphatic rings. The topological polar surface area (TPSA) is 76.3 Å². The van der Waals surface area contributed by atoms with Crippen molar-refractivity contribution in [3.63, 3.8) is 0 Å². The second-order valence-corrected chi connectivity index (χ2v) is 10.9. The fraction of sp³-hybridized carbons (Fsp3) is 0.333. The first-order chi connectivity index (χ1) is 14.0. The largest absolute Gasteiger partial charge is 0.338 e. The number of aromatic nitrogens is 2. The van der Waals surface area contributed by atoms with Crippen LogP contribution in [0.25, 0.3) is 11.4 Å². The lowest BCUT2D eigenvalue weighted by Crippen LogP contribution is -2.28. The molecule has 3 aromatic rings. The van der Waals surface area contributed by atoms with E-state index in [0.29, 0.717) is 21.4 Å². The highest BCUT2D eigenvalue weighted by Gasteiger charge is 2.24. The lowest BCUT2D eigenvalue weighted by Gasteiger charge is -2.18. The zero-order valence-corrected chi connectivity index (χ0v) is 19.5. The van der Waals surface area contributed by atoms with Gasteiger partial charge in [-0.3, -0.25) is 0 Å². The molecule has 0 radical (unpaired) electrons. The molecule has 0 atom stereocenters. The third-order valence-corrected chi connectivity index (χ3v) is 7.14. The Balaban J connectivity index is 1.73. The van der Waals surface area contributed by atoms with Gasteiger partial charge < -0.3 is 4.52 Å². The van der Waals surface area contributed by atoms with Gasteiger partial charge in [0, 0.05) is 28.2 Å². The van der Waals surface area contributed by atoms with Gasteiger partial charge in [0.05, 0.1) is 12.3 Å². The maximum Gasteiger partial charge on any atom is 0.242 e. The minimum atomic E-state index is -3.70. The van der Waals surface area contributed by atoms with E-state index in [1.165, 1.54) is 12.6 Å². The lowest BCUT2D eigenvalue weighted by atomic mass is 9.87. The summed E-state index contributed by atoms with van der Waals surface area (Å²) in [6, 6.07) is 12.8. The second-order valence-electron chi connectivity index (χ2n) is 8.05. The van der Waals surface area contributed by atoms with Gasteiger partial charge in [0.25, 0.3) is 0 Å². The van der Waals surface area contributed by atoms with Crippen LogP contribution in [-0.2, 0) is 27.7 Å². The SMILES string of the molecule is CN(Cc1nc(-c2ccc(C(C)(C)C)cc2)no1)S(=O)(=O)Cc1c(Cl)cccc1Cl. The van der Waals surface area contributed by atoms with E-state index in [4.69, 9.17) is 27.7 Å². The molecular formula is C21H23Cl2N3O3S. The number of hydrogen-bond acceptors (Lipinski definition) is 5. The summed E-state index contributed by atoms with van der Waals surface area (Å²) in [7, 11) is -2.25. The van der Waals surface area contributed by atoms with Gasteiger partial charge >= 0.3 is 0 Å². The molecule has 9 heteroatoms. The van der Waals surface area contributed by atoms with Crippen LogP contribution in [0.2, 0.25) is 10.0 Å². The molecular weight excluding hydrogens is 445 g/mol. The normalized spacial score (nSPS) is 12.5. The van der Waals surface area contributed by atoms with Crippen molar-refractivity contribution >= 4 is 33.2 Å². The number of sulfonamides is 1. The zero-order chi connectivity index (χ0) is 22.1. The third-order valence-electron chi connectivity index (χ3n) is 4.70. The number of rotatable bonds is 6. The van der Waals surface area contributed by atoms with Crippen molar-refractivity contribution in [2.24, 2.45) is 0 Å². The molecule has 6 nitrogen and oxygen atoms in total. The van der Waals surface area contributed by atoms with Crippen molar-refractivity contribution in [1.82, 2.24) is 14.4 Å². The Morgan fingerprint density at radius 1 is 1.03 bits per heavy atom. The molecule has 1 heterocycles. The zero-order valence-electron chi connectivity index (χ0n) is 17.2. The minimum Gasteiger partial charge on any atom is -0.338 e. The van der Waals surface area contributed by atoms with Gasteiger partial charge in [-0.2, -0.15) is 9.29 Å². The van der Waals surface area contributed by atoms with E-state index < -0.39 is 10.0 Å². The molecule has 0 spiro atoms. The highest BCUT2D eigenvalue weighted by molar-refractivity contribution is 7.88. The van der Waals surface area contributed by atoms with Crippen molar-refractivity contribution in [1.29, 1.82) is 0 Å². The van der Waals surface area contributed by atoms with Gasteiger partial charge in [-0.15, -0.1) is 0 Å². The van der Waals surface area contributed by atoms with Crippen molar-refractivity contribution in [2.45, 2.75) is 38.5 Å². The van der Waals surface area contributed by atoms with E-state index >= 15 is 0 Å². The van der Waals surface area contributed by atoms with Crippen LogP contribution < -0.4 is 0 Å². The maximum atomic E-state index is 12.7. The van der Waals surface area contributed by atoms with E-state index in [1.54, 1.807) is 18.2 Å². The fourth-order valence-electron chi connectivity index (χ4n) is 2.81. The van der Waals surface area contributed by atoms with Crippen LogP contribution in [0.4, 0.5) is 0 Å². The molecule has 0 bridgehead atoms. The maximum absolute atomic E-state index is 12.7. The Morgan fingerprint density at radius 2 is 1.63 bits per heavy atom. The third kappa shape index (κ3) is 5.21. The van der Waals surface area contributed by atoms with Gasteiger partial charge in [0.1, 0.15) is 0 Å². The summed E-state index contributed by atoms with van der Waals surface area (Å²) in [5, 5.41) is 4.58. The Morgan fingerprint density at radius 3 is 2.20 bits per heavy atom. The average Bonchev–Trinajstić information content (AvgIpc) is 3.13. The Labute approximate surface area is 186 Å². The fourth-order valence-corrected chi connectivity index (χ4v) is 4.70. The summed E-state index contributed by atoms with van der Waals surface area (Å²) in [6.07, 6.45) is 0. The molecule has 0 fully saturated rings. The van der Waals surface area contributed by atoms with E-state index in [2.05, 4.69) is 30.9 Å². The Bertz CT molecular complexity index is 1120. The molecule has 0 saturated carbocycles. The van der Waals surface area contributed by atoms with Crippen LogP contribution >= 0.6 is 23.2 Å². The van der Waals surface area contributed by atoms with Crippen molar-refractivity contribution < 1.29 is 12.9 Å². The highest BCUT2D eigenvalue weighted by atomic mass is 35.5. The van der Waals surface area contributed by atoms with Gasteiger partial charge in [0.2, 0.25) is 21.7 Å². The molecule has 0 aliphatic carbocycles. The quantitative estimate of drug-likeness (QED) is 0.491. The molecule has 3 rings (SSSR count). The van der Waals surface area contributed by atoms with Crippen LogP contribution in [0.15, 0.2) is 47.0 Å². The second kappa shape index (κ2) is 8.67. The predicted molar refractivity (Wildman–Crippen MR) is 119 cm³/mol. The summed E-state index contributed by atoms with van der Waals surface area (Å²) in [6.45, 7) is 6.36. The Kier molecular flexibility index (Phi) is 6.57. The average molecular weight is 468 g/mol. The number of benzene rings is 2. The van der Waals surface area contributed by atoms with Crippen LogP contribution in [0, 0.1) is 0 Å². The van der Waals surface area contributed by atoms with Crippen LogP contribution in [0.3, 0.4) is 0 Å². The van der Waals surface area contributed by atoms with Gasteiger partial charge in [0.15, 0.2) is 0 Å². The van der Waals surface area contributed by atoms with Crippen LogP contribution in [-0.4, -0.2) is 29.9 Å². The molecule has 2 aromatic carbocycles. The molecule has 0 unspecified atom stereocenters.